The second-order valence-corrected chi connectivity index (χ2v) is 5.18. The van der Waals surface area contributed by atoms with Crippen LogP contribution in [0, 0.1) is 0 Å². The Bertz CT molecular complexity index is 372. The van der Waals surface area contributed by atoms with Gasteiger partial charge in [0, 0.05) is 6.61 Å². The van der Waals surface area contributed by atoms with Crippen molar-refractivity contribution in [2.24, 2.45) is 0 Å². The number of rotatable bonds is 6. The molecule has 1 aliphatic heterocycles. The molecule has 19 heavy (non-hydrogen) atoms. The summed E-state index contributed by atoms with van der Waals surface area (Å²) >= 11 is 0. The molecule has 3 nitrogen and oxygen atoms in total. The standard InChI is InChI=1S/C16H24O3/c1-2-6-16(17)13-7-5-9-14(11-13)19-12-15-8-3-4-10-18-15/h5,7,9,11,15-17H,2-4,6,8,10,12H2,1H3. The molecule has 1 aliphatic rings. The monoisotopic (exact) mass is 264 g/mol. The Morgan fingerprint density at radius 3 is 3.05 bits per heavy atom. The lowest BCUT2D eigenvalue weighted by atomic mass is 10.1. The van der Waals surface area contributed by atoms with E-state index in [0.29, 0.717) is 6.61 Å². The van der Waals surface area contributed by atoms with E-state index in [1.165, 1.54) is 6.42 Å². The molecule has 1 heterocycles. The van der Waals surface area contributed by atoms with E-state index in [0.717, 1.165) is 43.6 Å². The van der Waals surface area contributed by atoms with E-state index in [1.807, 2.05) is 24.3 Å². The van der Waals surface area contributed by atoms with Crippen LogP contribution in [0.25, 0.3) is 0 Å². The first-order chi connectivity index (χ1) is 9.29. The van der Waals surface area contributed by atoms with E-state index in [2.05, 4.69) is 6.92 Å². The molecular weight excluding hydrogens is 240 g/mol. The van der Waals surface area contributed by atoms with Crippen molar-refractivity contribution >= 4 is 0 Å². The molecule has 106 valence electrons. The van der Waals surface area contributed by atoms with Crippen LogP contribution in [-0.4, -0.2) is 24.4 Å². The molecule has 0 spiro atoms. The van der Waals surface area contributed by atoms with Gasteiger partial charge < -0.3 is 14.6 Å². The number of hydrogen-bond acceptors (Lipinski definition) is 3. The van der Waals surface area contributed by atoms with Crippen molar-refractivity contribution in [2.75, 3.05) is 13.2 Å². The molecular formula is C16H24O3. The van der Waals surface area contributed by atoms with Crippen LogP contribution >= 0.6 is 0 Å². The van der Waals surface area contributed by atoms with Gasteiger partial charge in [-0.3, -0.25) is 0 Å². The number of ether oxygens (including phenoxy) is 2. The Morgan fingerprint density at radius 2 is 2.32 bits per heavy atom. The molecule has 1 fully saturated rings. The summed E-state index contributed by atoms with van der Waals surface area (Å²) in [5.41, 5.74) is 0.934. The Balaban J connectivity index is 1.87. The quantitative estimate of drug-likeness (QED) is 0.855. The molecule has 0 aliphatic carbocycles. The normalized spacial score (nSPS) is 21.1. The van der Waals surface area contributed by atoms with Crippen LogP contribution in [-0.2, 0) is 4.74 Å². The van der Waals surface area contributed by atoms with Crippen LogP contribution in [0.2, 0.25) is 0 Å². The lowest BCUT2D eigenvalue weighted by Crippen LogP contribution is -2.25. The van der Waals surface area contributed by atoms with Gasteiger partial charge >= 0.3 is 0 Å². The van der Waals surface area contributed by atoms with Crippen LogP contribution in [0.1, 0.15) is 50.7 Å². The van der Waals surface area contributed by atoms with Crippen molar-refractivity contribution in [3.63, 3.8) is 0 Å². The van der Waals surface area contributed by atoms with Gasteiger partial charge in [0.15, 0.2) is 0 Å². The van der Waals surface area contributed by atoms with E-state index in [1.54, 1.807) is 0 Å². The molecule has 2 unspecified atom stereocenters. The number of hydrogen-bond donors (Lipinski definition) is 1. The Morgan fingerprint density at radius 1 is 1.42 bits per heavy atom. The second kappa shape index (κ2) is 7.51. The summed E-state index contributed by atoms with van der Waals surface area (Å²) in [6.45, 7) is 3.53. The molecule has 0 bridgehead atoms. The first kappa shape index (κ1) is 14.4. The summed E-state index contributed by atoms with van der Waals surface area (Å²) in [6.07, 6.45) is 5.06. The molecule has 2 atom stereocenters. The summed E-state index contributed by atoms with van der Waals surface area (Å²) in [5.74, 6) is 0.821. The van der Waals surface area contributed by atoms with Gasteiger partial charge in [-0.2, -0.15) is 0 Å². The van der Waals surface area contributed by atoms with E-state index >= 15 is 0 Å². The maximum atomic E-state index is 9.98. The summed E-state index contributed by atoms with van der Waals surface area (Å²) < 4.78 is 11.4. The molecule has 1 aromatic carbocycles. The van der Waals surface area contributed by atoms with Crippen LogP contribution in [0.15, 0.2) is 24.3 Å². The molecule has 0 aromatic heterocycles. The van der Waals surface area contributed by atoms with Gasteiger partial charge in [0.2, 0.25) is 0 Å². The number of aliphatic hydroxyl groups excluding tert-OH is 1. The van der Waals surface area contributed by atoms with Gasteiger partial charge in [-0.05, 0) is 43.4 Å². The minimum Gasteiger partial charge on any atom is -0.491 e. The minimum atomic E-state index is -0.389. The fourth-order valence-electron chi connectivity index (χ4n) is 2.38. The Kier molecular flexibility index (Phi) is 5.67. The first-order valence-corrected chi connectivity index (χ1v) is 7.32. The van der Waals surface area contributed by atoms with Crippen molar-refractivity contribution in [1.29, 1.82) is 0 Å². The lowest BCUT2D eigenvalue weighted by molar-refractivity contribution is -0.0111. The third kappa shape index (κ3) is 4.51. The first-order valence-electron chi connectivity index (χ1n) is 7.32. The molecule has 2 rings (SSSR count). The fraction of sp³-hybridized carbons (Fsp3) is 0.625. The Labute approximate surface area is 115 Å². The zero-order valence-electron chi connectivity index (χ0n) is 11.7. The third-order valence-electron chi connectivity index (χ3n) is 3.51. The van der Waals surface area contributed by atoms with Gasteiger partial charge in [0.25, 0.3) is 0 Å². The van der Waals surface area contributed by atoms with Crippen molar-refractivity contribution in [2.45, 2.75) is 51.2 Å². The SMILES string of the molecule is CCCC(O)c1cccc(OCC2CCCCO2)c1. The second-order valence-electron chi connectivity index (χ2n) is 5.18. The highest BCUT2D eigenvalue weighted by molar-refractivity contribution is 5.29. The molecule has 1 saturated heterocycles. The third-order valence-corrected chi connectivity index (χ3v) is 3.51. The molecule has 3 heteroatoms. The topological polar surface area (TPSA) is 38.7 Å². The average Bonchev–Trinajstić information content (AvgIpc) is 2.47. The van der Waals surface area contributed by atoms with E-state index in [-0.39, 0.29) is 12.2 Å². The average molecular weight is 264 g/mol. The number of benzene rings is 1. The van der Waals surface area contributed by atoms with Crippen molar-refractivity contribution < 1.29 is 14.6 Å². The summed E-state index contributed by atoms with van der Waals surface area (Å²) in [5, 5.41) is 9.98. The van der Waals surface area contributed by atoms with Gasteiger partial charge in [0.1, 0.15) is 12.4 Å². The molecule has 0 saturated carbocycles. The van der Waals surface area contributed by atoms with Gasteiger partial charge in [-0.15, -0.1) is 0 Å². The van der Waals surface area contributed by atoms with Gasteiger partial charge in [-0.25, -0.2) is 0 Å². The highest BCUT2D eigenvalue weighted by Gasteiger charge is 2.14. The van der Waals surface area contributed by atoms with Crippen LogP contribution in [0.5, 0.6) is 5.75 Å². The van der Waals surface area contributed by atoms with Crippen LogP contribution < -0.4 is 4.74 Å². The van der Waals surface area contributed by atoms with Crippen LogP contribution in [0.3, 0.4) is 0 Å². The summed E-state index contributed by atoms with van der Waals surface area (Å²) in [4.78, 5) is 0. The van der Waals surface area contributed by atoms with Crippen LogP contribution in [0.4, 0.5) is 0 Å². The largest absolute Gasteiger partial charge is 0.491 e. The molecule has 1 N–H and O–H groups in total. The Hall–Kier alpha value is -1.06. The zero-order valence-corrected chi connectivity index (χ0v) is 11.7. The highest BCUT2D eigenvalue weighted by atomic mass is 16.5. The van der Waals surface area contributed by atoms with E-state index < -0.39 is 0 Å². The molecule has 0 radical (unpaired) electrons. The summed E-state index contributed by atoms with van der Waals surface area (Å²) in [6, 6.07) is 7.75. The van der Waals surface area contributed by atoms with E-state index in [4.69, 9.17) is 9.47 Å². The van der Waals surface area contributed by atoms with Gasteiger partial charge in [0.05, 0.1) is 12.2 Å². The lowest BCUT2D eigenvalue weighted by Gasteiger charge is -2.22. The number of aliphatic hydroxyl groups is 1. The smallest absolute Gasteiger partial charge is 0.119 e. The van der Waals surface area contributed by atoms with E-state index in [9.17, 15) is 5.11 Å². The minimum absolute atomic E-state index is 0.220. The summed E-state index contributed by atoms with van der Waals surface area (Å²) in [7, 11) is 0. The van der Waals surface area contributed by atoms with Gasteiger partial charge in [-0.1, -0.05) is 25.5 Å². The van der Waals surface area contributed by atoms with Crippen molar-refractivity contribution in [3.05, 3.63) is 29.8 Å². The maximum Gasteiger partial charge on any atom is 0.119 e. The predicted octanol–water partition coefficient (Wildman–Crippen LogP) is 3.47. The van der Waals surface area contributed by atoms with Crippen molar-refractivity contribution in [1.82, 2.24) is 0 Å². The molecule has 1 aromatic rings. The predicted molar refractivity (Wildman–Crippen MR) is 75.4 cm³/mol. The highest BCUT2D eigenvalue weighted by Crippen LogP contribution is 2.23. The fourth-order valence-corrected chi connectivity index (χ4v) is 2.38. The van der Waals surface area contributed by atoms with Crippen molar-refractivity contribution in [3.8, 4) is 5.75 Å². The molecule has 0 amide bonds. The maximum absolute atomic E-state index is 9.98. The zero-order chi connectivity index (χ0) is 13.5.